The first-order valence-electron chi connectivity index (χ1n) is 9.91. The fraction of sp³-hybridized carbons (Fsp3) is 0.0833. The normalized spacial score (nSPS) is 14.4. The van der Waals surface area contributed by atoms with Crippen LogP contribution in [-0.4, -0.2) is 22.7 Å². The summed E-state index contributed by atoms with van der Waals surface area (Å²) >= 11 is 1.44. The van der Waals surface area contributed by atoms with Crippen LogP contribution in [0.5, 0.6) is 0 Å². The predicted molar refractivity (Wildman–Crippen MR) is 120 cm³/mol. The summed E-state index contributed by atoms with van der Waals surface area (Å²) in [5.74, 6) is -0.821. The second kappa shape index (κ2) is 6.58. The number of amides is 3. The van der Waals surface area contributed by atoms with E-state index in [0.29, 0.717) is 16.4 Å². The van der Waals surface area contributed by atoms with Gasteiger partial charge in [0, 0.05) is 29.5 Å². The van der Waals surface area contributed by atoms with Crippen LogP contribution in [-0.2, 0) is 9.59 Å². The molecular weight excluding hydrogens is 410 g/mol. The lowest BCUT2D eigenvalue weighted by atomic mass is 10.0. The predicted octanol–water partition coefficient (Wildman–Crippen LogP) is 4.85. The van der Waals surface area contributed by atoms with Gasteiger partial charge in [0.1, 0.15) is 0 Å². The Bertz CT molecular complexity index is 1370. The van der Waals surface area contributed by atoms with E-state index in [4.69, 9.17) is 0 Å². The van der Waals surface area contributed by atoms with Crippen molar-refractivity contribution in [3.8, 4) is 21.7 Å². The molecule has 0 saturated carbocycles. The van der Waals surface area contributed by atoms with E-state index in [9.17, 15) is 14.4 Å². The summed E-state index contributed by atoms with van der Waals surface area (Å²) in [4.78, 5) is 43.8. The highest BCUT2D eigenvalue weighted by Gasteiger charge is 2.31. The number of hydrogen-bond donors (Lipinski definition) is 1. The van der Waals surface area contributed by atoms with Gasteiger partial charge in [0.15, 0.2) is 5.13 Å². The van der Waals surface area contributed by atoms with E-state index < -0.39 is 0 Å². The molecule has 0 unspecified atom stereocenters. The van der Waals surface area contributed by atoms with Gasteiger partial charge in [-0.25, -0.2) is 4.98 Å². The average molecular weight is 425 g/mol. The Labute approximate surface area is 181 Å². The fourth-order valence-electron chi connectivity index (χ4n) is 4.29. The highest BCUT2D eigenvalue weighted by atomic mass is 32.1. The standard InChI is InChI=1S/C24H15N3O3S/c28-18-10-11-19(29)27(18)15-7-1-6-14(12-15)23(30)26-24-25-21-16-8-2-4-13-5-3-9-17(20(13)16)22(21)31-24/h1-9,12H,10-11H2,(H,25,26,30). The lowest BCUT2D eigenvalue weighted by molar-refractivity contribution is -0.121. The van der Waals surface area contributed by atoms with Crippen molar-refractivity contribution in [2.45, 2.75) is 12.8 Å². The van der Waals surface area contributed by atoms with Crippen LogP contribution in [0.4, 0.5) is 10.8 Å². The van der Waals surface area contributed by atoms with Gasteiger partial charge in [0.05, 0.1) is 16.3 Å². The maximum atomic E-state index is 12.9. The molecule has 6 nitrogen and oxygen atoms in total. The minimum atomic E-state index is -0.333. The molecule has 2 heterocycles. The number of imide groups is 1. The molecule has 31 heavy (non-hydrogen) atoms. The Balaban J connectivity index is 1.31. The van der Waals surface area contributed by atoms with Crippen LogP contribution in [0.3, 0.4) is 0 Å². The van der Waals surface area contributed by atoms with Crippen LogP contribution in [0.1, 0.15) is 23.2 Å². The molecule has 3 aromatic carbocycles. The Kier molecular flexibility index (Phi) is 3.82. The van der Waals surface area contributed by atoms with Crippen LogP contribution in [0.2, 0.25) is 0 Å². The molecule has 1 saturated heterocycles. The lowest BCUT2D eigenvalue weighted by Crippen LogP contribution is -2.28. The highest BCUT2D eigenvalue weighted by Crippen LogP contribution is 2.50. The van der Waals surface area contributed by atoms with Gasteiger partial charge in [-0.05, 0) is 29.0 Å². The van der Waals surface area contributed by atoms with E-state index in [1.807, 2.05) is 12.1 Å². The zero-order chi connectivity index (χ0) is 21.1. The van der Waals surface area contributed by atoms with Crippen molar-refractivity contribution in [1.82, 2.24) is 4.98 Å². The van der Waals surface area contributed by atoms with Crippen molar-refractivity contribution in [3.63, 3.8) is 0 Å². The van der Waals surface area contributed by atoms with Gasteiger partial charge >= 0.3 is 0 Å². The highest BCUT2D eigenvalue weighted by molar-refractivity contribution is 7.20. The first-order valence-corrected chi connectivity index (χ1v) is 10.7. The third-order valence-corrected chi connectivity index (χ3v) is 6.67. The van der Waals surface area contributed by atoms with Crippen molar-refractivity contribution in [3.05, 3.63) is 66.2 Å². The molecule has 150 valence electrons. The number of nitrogens with zero attached hydrogens (tertiary/aromatic N) is 2. The Morgan fingerprint density at radius 2 is 1.65 bits per heavy atom. The smallest absolute Gasteiger partial charge is 0.257 e. The van der Waals surface area contributed by atoms with Crippen LogP contribution in [0.15, 0.2) is 60.7 Å². The zero-order valence-electron chi connectivity index (χ0n) is 16.2. The molecule has 0 atom stereocenters. The number of aromatic nitrogens is 1. The maximum absolute atomic E-state index is 12.9. The van der Waals surface area contributed by atoms with Gasteiger partial charge < -0.3 is 0 Å². The van der Waals surface area contributed by atoms with Crippen molar-refractivity contribution >= 4 is 50.6 Å². The van der Waals surface area contributed by atoms with Gasteiger partial charge in [-0.3, -0.25) is 24.6 Å². The number of anilines is 2. The molecule has 6 rings (SSSR count). The van der Waals surface area contributed by atoms with Crippen LogP contribution in [0.25, 0.3) is 32.5 Å². The molecule has 2 aliphatic rings. The fourth-order valence-corrected chi connectivity index (χ4v) is 5.29. The summed E-state index contributed by atoms with van der Waals surface area (Å²) in [5.41, 5.74) is 3.88. The van der Waals surface area contributed by atoms with Crippen LogP contribution in [0, 0.1) is 0 Å². The molecule has 0 radical (unpaired) electrons. The number of benzene rings is 3. The quantitative estimate of drug-likeness (QED) is 0.419. The summed E-state index contributed by atoms with van der Waals surface area (Å²) in [7, 11) is 0. The van der Waals surface area contributed by atoms with E-state index in [-0.39, 0.29) is 30.6 Å². The topological polar surface area (TPSA) is 79.4 Å². The largest absolute Gasteiger partial charge is 0.298 e. The second-order valence-corrected chi connectivity index (χ2v) is 8.53. The monoisotopic (exact) mass is 425 g/mol. The summed E-state index contributed by atoms with van der Waals surface area (Å²) in [6.45, 7) is 0. The Morgan fingerprint density at radius 1 is 0.935 bits per heavy atom. The van der Waals surface area contributed by atoms with E-state index in [1.165, 1.54) is 22.1 Å². The first kappa shape index (κ1) is 18.0. The molecule has 1 aliphatic carbocycles. The molecule has 0 spiro atoms. The van der Waals surface area contributed by atoms with Crippen molar-refractivity contribution in [1.29, 1.82) is 0 Å². The van der Waals surface area contributed by atoms with Gasteiger partial charge in [0.2, 0.25) is 11.8 Å². The molecule has 1 fully saturated rings. The number of thiazole rings is 1. The summed E-state index contributed by atoms with van der Waals surface area (Å²) in [6.07, 6.45) is 0.405. The lowest BCUT2D eigenvalue weighted by Gasteiger charge is -2.14. The van der Waals surface area contributed by atoms with Gasteiger partial charge in [-0.2, -0.15) is 0 Å². The molecule has 7 heteroatoms. The zero-order valence-corrected chi connectivity index (χ0v) is 17.0. The number of rotatable bonds is 3. The van der Waals surface area contributed by atoms with Crippen molar-refractivity contribution < 1.29 is 14.4 Å². The molecule has 1 aromatic heterocycles. The Hall–Kier alpha value is -3.84. The molecule has 1 aliphatic heterocycles. The Morgan fingerprint density at radius 3 is 2.42 bits per heavy atom. The number of carbonyl (C=O) groups is 3. The van der Waals surface area contributed by atoms with Gasteiger partial charge in [0.25, 0.3) is 5.91 Å². The SMILES string of the molecule is O=C(Nc1nc2c(s1)-c1cccc3cccc-2c13)c1cccc(N2C(=O)CCC2=O)c1. The third kappa shape index (κ3) is 2.70. The number of carbonyl (C=O) groups excluding carboxylic acids is 3. The van der Waals surface area contributed by atoms with Crippen LogP contribution >= 0.6 is 11.3 Å². The molecule has 1 N–H and O–H groups in total. The summed E-state index contributed by atoms with van der Waals surface area (Å²) in [6, 6.07) is 18.9. The number of nitrogens with one attached hydrogen (secondary N) is 1. The minimum absolute atomic E-state index is 0.203. The van der Waals surface area contributed by atoms with Gasteiger partial charge in [-0.1, -0.05) is 53.8 Å². The summed E-state index contributed by atoms with van der Waals surface area (Å²) < 4.78 is 0. The third-order valence-electron chi connectivity index (χ3n) is 5.67. The van der Waals surface area contributed by atoms with Crippen LogP contribution < -0.4 is 10.2 Å². The van der Waals surface area contributed by atoms with E-state index in [1.54, 1.807) is 24.3 Å². The number of fused-ring (bicyclic) bond motifs is 3. The molecule has 0 bridgehead atoms. The average Bonchev–Trinajstić information content (AvgIpc) is 3.43. The molecule has 4 aromatic rings. The number of hydrogen-bond acceptors (Lipinski definition) is 5. The minimum Gasteiger partial charge on any atom is -0.298 e. The molecular formula is C24H15N3O3S. The van der Waals surface area contributed by atoms with Crippen molar-refractivity contribution in [2.24, 2.45) is 0 Å². The second-order valence-electron chi connectivity index (χ2n) is 7.53. The first-order chi connectivity index (χ1) is 15.1. The van der Waals surface area contributed by atoms with Crippen molar-refractivity contribution in [2.75, 3.05) is 10.2 Å². The van der Waals surface area contributed by atoms with Gasteiger partial charge in [-0.15, -0.1) is 0 Å². The van der Waals surface area contributed by atoms with E-state index in [0.717, 1.165) is 26.6 Å². The van der Waals surface area contributed by atoms with E-state index in [2.05, 4.69) is 34.6 Å². The molecule has 3 amide bonds. The van der Waals surface area contributed by atoms with E-state index >= 15 is 0 Å². The summed E-state index contributed by atoms with van der Waals surface area (Å²) in [5, 5.41) is 5.76. The maximum Gasteiger partial charge on any atom is 0.257 e.